The minimum absolute atomic E-state index is 0.639. The molecule has 2 N–H and O–H groups in total. The van der Waals surface area contributed by atoms with Crippen molar-refractivity contribution in [3.8, 4) is 0 Å². The number of rotatable bonds is 4. The van der Waals surface area contributed by atoms with Crippen molar-refractivity contribution in [2.75, 3.05) is 5.32 Å². The first-order chi connectivity index (χ1) is 14.2. The quantitative estimate of drug-likeness (QED) is 0.264. The zero-order valence-corrected chi connectivity index (χ0v) is 17.1. The lowest BCUT2D eigenvalue weighted by atomic mass is 9.93. The summed E-state index contributed by atoms with van der Waals surface area (Å²) in [5.74, 6) is 0. The molecule has 0 saturated carbocycles. The smallest absolute Gasteiger partial charge is 0.171 e. The van der Waals surface area contributed by atoms with Crippen LogP contribution in [0, 0.1) is 0 Å². The van der Waals surface area contributed by atoms with Crippen molar-refractivity contribution in [2.45, 2.75) is 19.9 Å². The molecule has 0 heterocycles. The summed E-state index contributed by atoms with van der Waals surface area (Å²) < 4.78 is 0. The van der Waals surface area contributed by atoms with E-state index in [-0.39, 0.29) is 0 Å². The number of anilines is 1. The molecule has 0 aliphatic rings. The maximum atomic E-state index is 5.58. The number of aryl methyl sites for hydroxylation is 1. The highest BCUT2D eigenvalue weighted by Crippen LogP contribution is 2.37. The van der Waals surface area contributed by atoms with E-state index in [4.69, 9.17) is 12.2 Å². The maximum absolute atomic E-state index is 5.58. The molecular formula is C26H22N2S. The highest BCUT2D eigenvalue weighted by atomic mass is 32.1. The van der Waals surface area contributed by atoms with Crippen LogP contribution in [-0.2, 0) is 13.0 Å². The lowest BCUT2D eigenvalue weighted by molar-refractivity contribution is 0.923. The topological polar surface area (TPSA) is 24.1 Å². The molecule has 142 valence electrons. The fourth-order valence-electron chi connectivity index (χ4n) is 4.09. The third-order valence-corrected chi connectivity index (χ3v) is 5.91. The first kappa shape index (κ1) is 17.9. The number of hydrogen-bond donors (Lipinski definition) is 2. The molecule has 0 aliphatic carbocycles. The zero-order chi connectivity index (χ0) is 19.8. The van der Waals surface area contributed by atoms with Gasteiger partial charge in [0.15, 0.2) is 5.11 Å². The Morgan fingerprint density at radius 1 is 0.724 bits per heavy atom. The van der Waals surface area contributed by atoms with Gasteiger partial charge >= 0.3 is 0 Å². The van der Waals surface area contributed by atoms with Crippen LogP contribution in [0.1, 0.15) is 18.1 Å². The van der Waals surface area contributed by atoms with Gasteiger partial charge in [0.25, 0.3) is 0 Å². The summed E-state index contributed by atoms with van der Waals surface area (Å²) in [6, 6.07) is 28.2. The van der Waals surface area contributed by atoms with Crippen LogP contribution >= 0.6 is 12.2 Å². The van der Waals surface area contributed by atoms with E-state index in [1.165, 1.54) is 43.4 Å². The van der Waals surface area contributed by atoms with Crippen molar-refractivity contribution in [1.82, 2.24) is 5.32 Å². The fourth-order valence-corrected chi connectivity index (χ4v) is 4.27. The van der Waals surface area contributed by atoms with Gasteiger partial charge in [-0.3, -0.25) is 0 Å². The molecule has 0 fully saturated rings. The average Bonchev–Trinajstić information content (AvgIpc) is 2.77. The van der Waals surface area contributed by atoms with Crippen LogP contribution < -0.4 is 10.6 Å². The van der Waals surface area contributed by atoms with Crippen LogP contribution in [0.15, 0.2) is 78.9 Å². The van der Waals surface area contributed by atoms with E-state index >= 15 is 0 Å². The van der Waals surface area contributed by atoms with Gasteiger partial charge in [0.05, 0.1) is 0 Å². The van der Waals surface area contributed by atoms with Crippen molar-refractivity contribution in [1.29, 1.82) is 0 Å². The summed E-state index contributed by atoms with van der Waals surface area (Å²) in [4.78, 5) is 0. The van der Waals surface area contributed by atoms with Crippen LogP contribution in [0.25, 0.3) is 32.3 Å². The molecule has 5 aromatic rings. The van der Waals surface area contributed by atoms with Gasteiger partial charge in [-0.15, -0.1) is 0 Å². The molecule has 0 bridgehead atoms. The van der Waals surface area contributed by atoms with Gasteiger partial charge in [-0.25, -0.2) is 0 Å². The van der Waals surface area contributed by atoms with Gasteiger partial charge in [0, 0.05) is 17.6 Å². The summed E-state index contributed by atoms with van der Waals surface area (Å²) in [7, 11) is 0. The Labute approximate surface area is 175 Å². The number of hydrogen-bond acceptors (Lipinski definition) is 1. The Morgan fingerprint density at radius 3 is 2.07 bits per heavy atom. The van der Waals surface area contributed by atoms with Crippen molar-refractivity contribution in [3.05, 3.63) is 90.0 Å². The summed E-state index contributed by atoms with van der Waals surface area (Å²) in [6.07, 6.45) is 1.06. The highest BCUT2D eigenvalue weighted by Gasteiger charge is 2.11. The normalized spacial score (nSPS) is 11.3. The Balaban J connectivity index is 1.43. The van der Waals surface area contributed by atoms with Gasteiger partial charge in [0.1, 0.15) is 0 Å². The Hall–Kier alpha value is -3.17. The zero-order valence-electron chi connectivity index (χ0n) is 16.3. The molecule has 5 aromatic carbocycles. The molecule has 0 radical (unpaired) electrons. The van der Waals surface area contributed by atoms with Crippen molar-refractivity contribution in [3.63, 3.8) is 0 Å². The van der Waals surface area contributed by atoms with Gasteiger partial charge in [-0.05, 0) is 62.8 Å². The summed E-state index contributed by atoms with van der Waals surface area (Å²) in [5.41, 5.74) is 3.61. The van der Waals surface area contributed by atoms with E-state index in [9.17, 15) is 0 Å². The highest BCUT2D eigenvalue weighted by molar-refractivity contribution is 7.80. The third-order valence-electron chi connectivity index (χ3n) is 5.66. The summed E-state index contributed by atoms with van der Waals surface area (Å²) in [6.45, 7) is 2.88. The van der Waals surface area contributed by atoms with Crippen LogP contribution in [-0.4, -0.2) is 5.11 Å². The molecule has 29 heavy (non-hydrogen) atoms. The summed E-state index contributed by atoms with van der Waals surface area (Å²) >= 11 is 5.58. The Morgan fingerprint density at radius 2 is 1.34 bits per heavy atom. The maximum Gasteiger partial charge on any atom is 0.171 e. The predicted molar refractivity (Wildman–Crippen MR) is 129 cm³/mol. The fraction of sp³-hybridized carbons (Fsp3) is 0.115. The van der Waals surface area contributed by atoms with E-state index < -0.39 is 0 Å². The van der Waals surface area contributed by atoms with E-state index in [2.05, 4.69) is 96.4 Å². The lowest BCUT2D eigenvalue weighted by Crippen LogP contribution is -2.27. The van der Waals surface area contributed by atoms with Gasteiger partial charge < -0.3 is 10.6 Å². The molecule has 5 rings (SSSR count). The number of nitrogens with one attached hydrogen (secondary N) is 2. The largest absolute Gasteiger partial charge is 0.358 e. The Kier molecular flexibility index (Phi) is 4.53. The van der Waals surface area contributed by atoms with Crippen molar-refractivity contribution < 1.29 is 0 Å². The second-order valence-electron chi connectivity index (χ2n) is 7.45. The molecule has 0 atom stereocenters. The molecule has 0 aromatic heterocycles. The average molecular weight is 395 g/mol. The van der Waals surface area contributed by atoms with Gasteiger partial charge in [-0.2, -0.15) is 0 Å². The molecule has 0 amide bonds. The molecule has 3 heteroatoms. The minimum Gasteiger partial charge on any atom is -0.358 e. The molecule has 2 nitrogen and oxygen atoms in total. The van der Waals surface area contributed by atoms with E-state index in [1.54, 1.807) is 0 Å². The van der Waals surface area contributed by atoms with E-state index in [1.807, 2.05) is 0 Å². The summed E-state index contributed by atoms with van der Waals surface area (Å²) in [5, 5.41) is 15.0. The van der Waals surface area contributed by atoms with Crippen LogP contribution in [0.4, 0.5) is 5.69 Å². The monoisotopic (exact) mass is 394 g/mol. The first-order valence-electron chi connectivity index (χ1n) is 10.0. The van der Waals surface area contributed by atoms with Crippen LogP contribution in [0.5, 0.6) is 0 Å². The van der Waals surface area contributed by atoms with Gasteiger partial charge in [-0.1, -0.05) is 79.7 Å². The first-order valence-corrected chi connectivity index (χ1v) is 10.4. The second kappa shape index (κ2) is 7.34. The van der Waals surface area contributed by atoms with E-state index in [0.717, 1.165) is 12.1 Å². The van der Waals surface area contributed by atoms with Crippen molar-refractivity contribution >= 4 is 55.3 Å². The Bertz CT molecular complexity index is 1310. The standard InChI is InChI=1S/C26H22N2S/c1-2-17-6-8-18(9-7-17)16-27-26(29)28-23-15-13-21-11-10-19-4-3-5-20-12-14-22(23)25(21)24(19)20/h3-15H,2,16H2,1H3,(H2,27,28,29). The van der Waals surface area contributed by atoms with Crippen LogP contribution in [0.2, 0.25) is 0 Å². The molecule has 0 spiro atoms. The van der Waals surface area contributed by atoms with Gasteiger partial charge in [0.2, 0.25) is 0 Å². The molecule has 0 saturated heterocycles. The molecular weight excluding hydrogens is 372 g/mol. The second-order valence-corrected chi connectivity index (χ2v) is 7.86. The third kappa shape index (κ3) is 3.28. The van der Waals surface area contributed by atoms with Crippen molar-refractivity contribution in [2.24, 2.45) is 0 Å². The number of benzene rings is 5. The lowest BCUT2D eigenvalue weighted by Gasteiger charge is -2.16. The molecule has 0 aliphatic heterocycles. The SMILES string of the molecule is CCc1ccc(CNC(=S)Nc2ccc3ccc4cccc5ccc2c3c45)cc1. The predicted octanol–water partition coefficient (Wildman–Crippen LogP) is 6.63. The van der Waals surface area contributed by atoms with Crippen LogP contribution in [0.3, 0.4) is 0 Å². The minimum atomic E-state index is 0.639. The molecule has 0 unspecified atom stereocenters. The van der Waals surface area contributed by atoms with E-state index in [0.29, 0.717) is 11.7 Å². The number of thiocarbonyl (C=S) groups is 1.